The van der Waals surface area contributed by atoms with Gasteiger partial charge in [-0.1, -0.05) is 6.92 Å². The summed E-state index contributed by atoms with van der Waals surface area (Å²) in [5.41, 5.74) is -0.950. The number of ether oxygens (including phenoxy) is 1. The van der Waals surface area contributed by atoms with E-state index < -0.39 is 36.1 Å². The molecule has 1 unspecified atom stereocenters. The zero-order valence-electron chi connectivity index (χ0n) is 19.6. The maximum atomic E-state index is 14.1. The number of thiazole rings is 1. The molecule has 13 heteroatoms. The number of alkyl halides is 5. The molecule has 2 bridgehead atoms. The Hall–Kier alpha value is -2.83. The fraction of sp³-hybridized carbons (Fsp3) is 0.565. The Bertz CT molecular complexity index is 1120. The number of nitrogens with zero attached hydrogens (tertiary/aromatic N) is 3. The third-order valence-electron chi connectivity index (χ3n) is 6.51. The lowest BCUT2D eigenvalue weighted by atomic mass is 10.0. The van der Waals surface area contributed by atoms with Crippen molar-refractivity contribution >= 4 is 29.0 Å². The molecule has 2 saturated heterocycles. The topological polar surface area (TPSA) is 84.4 Å². The Balaban J connectivity index is 1.77. The second-order valence-corrected chi connectivity index (χ2v) is 9.70. The number of halogens is 5. The van der Waals surface area contributed by atoms with E-state index in [4.69, 9.17) is 4.74 Å². The number of esters is 1. The van der Waals surface area contributed by atoms with Crippen molar-refractivity contribution in [2.45, 2.75) is 76.7 Å². The predicted octanol–water partition coefficient (Wildman–Crippen LogP) is 5.84. The fourth-order valence-electron chi connectivity index (χ4n) is 4.81. The maximum Gasteiger partial charge on any atom is 0.408 e. The summed E-state index contributed by atoms with van der Waals surface area (Å²) in [6.45, 7) is 2.95. The van der Waals surface area contributed by atoms with Gasteiger partial charge in [0.15, 0.2) is 0 Å². The van der Waals surface area contributed by atoms with E-state index in [-0.39, 0.29) is 52.1 Å². The van der Waals surface area contributed by atoms with Crippen molar-refractivity contribution in [3.8, 4) is 10.4 Å². The van der Waals surface area contributed by atoms with Gasteiger partial charge in [-0.3, -0.25) is 4.79 Å². The number of anilines is 1. The van der Waals surface area contributed by atoms with Crippen LogP contribution in [0.15, 0.2) is 12.3 Å². The zero-order chi connectivity index (χ0) is 26.2. The first-order chi connectivity index (χ1) is 17.0. The molecule has 1 N–H and O–H groups in total. The van der Waals surface area contributed by atoms with Crippen molar-refractivity contribution in [3.05, 3.63) is 28.5 Å². The normalized spacial score (nSPS) is 20.2. The quantitative estimate of drug-likeness (QED) is 0.340. The number of pyridine rings is 1. The van der Waals surface area contributed by atoms with Crippen molar-refractivity contribution in [1.82, 2.24) is 14.9 Å². The molecule has 7 nitrogen and oxygen atoms in total. The number of nitrogens with one attached hydrogen (secondary N) is 1. The van der Waals surface area contributed by atoms with E-state index in [2.05, 4.69) is 15.3 Å². The third kappa shape index (κ3) is 5.02. The fourth-order valence-corrected chi connectivity index (χ4v) is 5.79. The Kier molecular flexibility index (Phi) is 7.48. The summed E-state index contributed by atoms with van der Waals surface area (Å²) < 4.78 is 72.8. The van der Waals surface area contributed by atoms with Crippen LogP contribution >= 0.6 is 11.3 Å². The van der Waals surface area contributed by atoms with Gasteiger partial charge in [0.2, 0.25) is 5.01 Å². The van der Waals surface area contributed by atoms with E-state index >= 15 is 0 Å². The Morgan fingerprint density at radius 3 is 2.36 bits per heavy atom. The molecule has 2 aromatic rings. The van der Waals surface area contributed by atoms with Gasteiger partial charge in [-0.15, -0.1) is 11.3 Å². The Morgan fingerprint density at radius 2 is 1.83 bits per heavy atom. The van der Waals surface area contributed by atoms with E-state index in [9.17, 15) is 31.5 Å². The average Bonchev–Trinajstić information content (AvgIpc) is 3.56. The highest BCUT2D eigenvalue weighted by molar-refractivity contribution is 7.17. The highest BCUT2D eigenvalue weighted by Gasteiger charge is 2.44. The molecule has 4 rings (SSSR count). The van der Waals surface area contributed by atoms with Gasteiger partial charge in [-0.2, -0.15) is 13.2 Å². The molecule has 2 aliphatic rings. The molecule has 0 radical (unpaired) electrons. The summed E-state index contributed by atoms with van der Waals surface area (Å²) in [6, 6.07) is -1.08. The van der Waals surface area contributed by atoms with Crippen LogP contribution in [0.4, 0.5) is 27.8 Å². The SMILES string of the molecule is CCOC(=O)c1nc(C(=O)N2[C@H]3CC[C@@H]2CC3)c(-c2cnc(NC(CC)C(F)(F)F)cc2C(F)F)s1. The molecule has 1 amide bonds. The number of carbonyl (C=O) groups excluding carboxylic acids is 2. The van der Waals surface area contributed by atoms with Crippen LogP contribution in [0.1, 0.15) is 78.2 Å². The molecule has 36 heavy (non-hydrogen) atoms. The molecule has 0 spiro atoms. The summed E-state index contributed by atoms with van der Waals surface area (Å²) in [4.78, 5) is 35.7. The van der Waals surface area contributed by atoms with Gasteiger partial charge in [-0.05, 0) is 45.1 Å². The first kappa shape index (κ1) is 26.2. The number of aromatic nitrogens is 2. The first-order valence-electron chi connectivity index (χ1n) is 11.7. The van der Waals surface area contributed by atoms with E-state index in [1.165, 1.54) is 6.92 Å². The molecule has 0 aliphatic carbocycles. The van der Waals surface area contributed by atoms with Crippen LogP contribution in [0.2, 0.25) is 0 Å². The molecule has 0 saturated carbocycles. The van der Waals surface area contributed by atoms with Gasteiger partial charge in [0.05, 0.1) is 11.5 Å². The molecule has 0 aromatic carbocycles. The Labute approximate surface area is 208 Å². The van der Waals surface area contributed by atoms with Crippen LogP contribution in [-0.4, -0.2) is 57.7 Å². The Morgan fingerprint density at radius 1 is 1.19 bits per heavy atom. The highest BCUT2D eigenvalue weighted by Crippen LogP contribution is 2.42. The van der Waals surface area contributed by atoms with E-state index in [0.717, 1.165) is 49.3 Å². The molecule has 2 aliphatic heterocycles. The van der Waals surface area contributed by atoms with Gasteiger partial charge in [-0.25, -0.2) is 23.5 Å². The lowest BCUT2D eigenvalue weighted by molar-refractivity contribution is -0.142. The summed E-state index contributed by atoms with van der Waals surface area (Å²) >= 11 is 0.724. The number of hydrogen-bond acceptors (Lipinski definition) is 7. The van der Waals surface area contributed by atoms with Crippen LogP contribution in [0.25, 0.3) is 10.4 Å². The van der Waals surface area contributed by atoms with Gasteiger partial charge in [0, 0.05) is 29.4 Å². The van der Waals surface area contributed by atoms with Gasteiger partial charge >= 0.3 is 12.1 Å². The van der Waals surface area contributed by atoms with Crippen molar-refractivity contribution in [1.29, 1.82) is 0 Å². The van der Waals surface area contributed by atoms with Crippen LogP contribution < -0.4 is 5.32 Å². The van der Waals surface area contributed by atoms with Crippen molar-refractivity contribution in [3.63, 3.8) is 0 Å². The van der Waals surface area contributed by atoms with Crippen molar-refractivity contribution < 1.29 is 36.3 Å². The number of rotatable bonds is 8. The summed E-state index contributed by atoms with van der Waals surface area (Å²) in [5, 5.41) is 1.98. The van der Waals surface area contributed by atoms with E-state index in [0.29, 0.717) is 0 Å². The number of hydrogen-bond donors (Lipinski definition) is 1. The molecule has 4 heterocycles. The smallest absolute Gasteiger partial charge is 0.408 e. The largest absolute Gasteiger partial charge is 0.461 e. The van der Waals surface area contributed by atoms with Crippen LogP contribution in [0, 0.1) is 0 Å². The molecular formula is C23H25F5N4O3S. The van der Waals surface area contributed by atoms with E-state index in [1.54, 1.807) is 11.8 Å². The second kappa shape index (κ2) is 10.3. The van der Waals surface area contributed by atoms with Crippen molar-refractivity contribution in [2.75, 3.05) is 11.9 Å². The summed E-state index contributed by atoms with van der Waals surface area (Å²) in [6.07, 6.45) is -3.68. The minimum atomic E-state index is -4.60. The standard InChI is InChI=1S/C23H25F5N4O3S/c1-3-15(23(26,27)28)30-16-9-13(19(24)25)14(10-29-16)18-17(31-20(36-18)22(34)35-4-2)21(33)32-11-5-6-12(32)8-7-11/h9-12,15,19H,3-8H2,1-2H3,(H,29,30)/t11-,12+,15?. The monoisotopic (exact) mass is 532 g/mol. The minimum Gasteiger partial charge on any atom is -0.461 e. The van der Waals surface area contributed by atoms with Gasteiger partial charge in [0.1, 0.15) is 17.6 Å². The van der Waals surface area contributed by atoms with Crippen LogP contribution in [0.5, 0.6) is 0 Å². The maximum absolute atomic E-state index is 14.1. The molecule has 2 fully saturated rings. The third-order valence-corrected chi connectivity index (χ3v) is 7.58. The van der Waals surface area contributed by atoms with Gasteiger partial charge in [0.25, 0.3) is 12.3 Å². The number of fused-ring (bicyclic) bond motifs is 2. The van der Waals surface area contributed by atoms with Crippen molar-refractivity contribution in [2.24, 2.45) is 0 Å². The molecular weight excluding hydrogens is 507 g/mol. The highest BCUT2D eigenvalue weighted by atomic mass is 32.1. The van der Waals surface area contributed by atoms with Crippen LogP contribution in [-0.2, 0) is 4.74 Å². The van der Waals surface area contributed by atoms with Crippen LogP contribution in [0.3, 0.4) is 0 Å². The molecule has 2 aromatic heterocycles. The first-order valence-corrected chi connectivity index (χ1v) is 12.5. The predicted molar refractivity (Wildman–Crippen MR) is 122 cm³/mol. The lowest BCUT2D eigenvalue weighted by Crippen LogP contribution is -2.36. The molecule has 1 atom stereocenters. The zero-order valence-corrected chi connectivity index (χ0v) is 20.4. The average molecular weight is 533 g/mol. The summed E-state index contributed by atoms with van der Waals surface area (Å²) in [7, 11) is 0. The number of carbonyl (C=O) groups is 2. The van der Waals surface area contributed by atoms with Gasteiger partial charge < -0.3 is 15.0 Å². The minimum absolute atomic E-state index is 0.00608. The lowest BCUT2D eigenvalue weighted by Gasteiger charge is -2.22. The second-order valence-electron chi connectivity index (χ2n) is 8.70. The summed E-state index contributed by atoms with van der Waals surface area (Å²) in [5.74, 6) is -1.64. The van der Waals surface area contributed by atoms with E-state index in [1.807, 2.05) is 0 Å². The number of amides is 1. The molecule has 196 valence electrons.